The van der Waals surface area contributed by atoms with Gasteiger partial charge in [0, 0.05) is 26.2 Å². The second kappa shape index (κ2) is 4.67. The van der Waals surface area contributed by atoms with Crippen LogP contribution in [0.2, 0.25) is 0 Å². The first-order valence-corrected chi connectivity index (χ1v) is 5.37. The van der Waals surface area contributed by atoms with Gasteiger partial charge in [-0.1, -0.05) is 6.07 Å². The molecule has 0 spiro atoms. The molecule has 1 atom stereocenters. The number of benzene rings is 1. The molecule has 1 aromatic rings. The molecule has 0 saturated heterocycles. The summed E-state index contributed by atoms with van der Waals surface area (Å²) in [4.78, 5) is 2.10. The van der Waals surface area contributed by atoms with Gasteiger partial charge in [0.15, 0.2) is 0 Å². The van der Waals surface area contributed by atoms with E-state index >= 15 is 0 Å². The predicted molar refractivity (Wildman–Crippen MR) is 65.6 cm³/mol. The Kier molecular flexibility index (Phi) is 3.75. The Hall–Kier alpha value is -1.02. The van der Waals surface area contributed by atoms with Crippen molar-refractivity contribution in [2.24, 2.45) is 0 Å². The number of hydrogen-bond donors (Lipinski definition) is 1. The van der Waals surface area contributed by atoms with E-state index < -0.39 is 0 Å². The van der Waals surface area contributed by atoms with Gasteiger partial charge < -0.3 is 10.0 Å². The number of rotatable bonds is 3. The summed E-state index contributed by atoms with van der Waals surface area (Å²) >= 11 is 0. The van der Waals surface area contributed by atoms with Crippen molar-refractivity contribution >= 4 is 5.69 Å². The third-order valence-electron chi connectivity index (χ3n) is 2.69. The van der Waals surface area contributed by atoms with E-state index in [0.717, 1.165) is 0 Å². The predicted octanol–water partition coefficient (Wildman–Crippen LogP) is 2.29. The molecule has 1 N–H and O–H groups in total. The van der Waals surface area contributed by atoms with Gasteiger partial charge >= 0.3 is 0 Å². The van der Waals surface area contributed by atoms with Crippen LogP contribution in [0.25, 0.3) is 0 Å². The molecule has 0 aliphatic carbocycles. The standard InChI is InChI=1S/C13H21NO/c1-9-6-12(8-11(3)15)13(14(4)5)7-10(9)2/h6-7,11,15H,8H2,1-5H3. The molecule has 0 aromatic heterocycles. The Morgan fingerprint density at radius 1 is 1.20 bits per heavy atom. The summed E-state index contributed by atoms with van der Waals surface area (Å²) in [5.74, 6) is 0. The van der Waals surface area contributed by atoms with Gasteiger partial charge in [0.05, 0.1) is 6.10 Å². The minimum Gasteiger partial charge on any atom is -0.393 e. The molecule has 15 heavy (non-hydrogen) atoms. The molecule has 1 unspecified atom stereocenters. The fourth-order valence-corrected chi connectivity index (χ4v) is 1.76. The fraction of sp³-hybridized carbons (Fsp3) is 0.538. The zero-order valence-corrected chi connectivity index (χ0v) is 10.3. The van der Waals surface area contributed by atoms with E-state index in [0.29, 0.717) is 6.42 Å². The molecule has 1 aromatic carbocycles. The first-order valence-electron chi connectivity index (χ1n) is 5.37. The van der Waals surface area contributed by atoms with Crippen molar-refractivity contribution in [3.05, 3.63) is 28.8 Å². The highest BCUT2D eigenvalue weighted by Crippen LogP contribution is 2.24. The Labute approximate surface area is 92.5 Å². The van der Waals surface area contributed by atoms with Crippen LogP contribution >= 0.6 is 0 Å². The van der Waals surface area contributed by atoms with Crippen LogP contribution < -0.4 is 4.90 Å². The number of aryl methyl sites for hydroxylation is 2. The zero-order valence-electron chi connectivity index (χ0n) is 10.3. The smallest absolute Gasteiger partial charge is 0.0553 e. The molecule has 2 nitrogen and oxygen atoms in total. The first-order chi connectivity index (χ1) is 6.91. The fourth-order valence-electron chi connectivity index (χ4n) is 1.76. The number of aliphatic hydroxyl groups is 1. The average molecular weight is 207 g/mol. The number of nitrogens with zero attached hydrogens (tertiary/aromatic N) is 1. The molecule has 1 rings (SSSR count). The molecule has 2 heteroatoms. The van der Waals surface area contributed by atoms with E-state index in [-0.39, 0.29) is 6.10 Å². The summed E-state index contributed by atoms with van der Waals surface area (Å²) in [6, 6.07) is 4.37. The van der Waals surface area contributed by atoms with E-state index in [2.05, 4.69) is 30.9 Å². The van der Waals surface area contributed by atoms with Crippen LogP contribution in [0.1, 0.15) is 23.6 Å². The van der Waals surface area contributed by atoms with Crippen LogP contribution in [0.4, 0.5) is 5.69 Å². The van der Waals surface area contributed by atoms with E-state index in [1.54, 1.807) is 0 Å². The Morgan fingerprint density at radius 2 is 1.73 bits per heavy atom. The minimum absolute atomic E-state index is 0.286. The van der Waals surface area contributed by atoms with Gasteiger partial charge in [-0.05, 0) is 43.5 Å². The summed E-state index contributed by atoms with van der Waals surface area (Å²) < 4.78 is 0. The number of hydrogen-bond acceptors (Lipinski definition) is 2. The highest BCUT2D eigenvalue weighted by atomic mass is 16.3. The molecule has 0 aliphatic rings. The van der Waals surface area contributed by atoms with Crippen molar-refractivity contribution in [2.45, 2.75) is 33.3 Å². The Morgan fingerprint density at radius 3 is 2.20 bits per heavy atom. The van der Waals surface area contributed by atoms with Crippen LogP contribution in [0, 0.1) is 13.8 Å². The topological polar surface area (TPSA) is 23.5 Å². The molecule has 0 heterocycles. The quantitative estimate of drug-likeness (QED) is 0.822. The molecular weight excluding hydrogens is 186 g/mol. The monoisotopic (exact) mass is 207 g/mol. The second-order valence-corrected chi connectivity index (χ2v) is 4.51. The molecular formula is C13H21NO. The zero-order chi connectivity index (χ0) is 11.6. The van der Waals surface area contributed by atoms with Crippen molar-refractivity contribution in [2.75, 3.05) is 19.0 Å². The van der Waals surface area contributed by atoms with Crippen molar-refractivity contribution in [1.82, 2.24) is 0 Å². The van der Waals surface area contributed by atoms with Crippen LogP contribution in [-0.4, -0.2) is 25.3 Å². The van der Waals surface area contributed by atoms with Gasteiger partial charge in [-0.25, -0.2) is 0 Å². The number of aliphatic hydroxyl groups excluding tert-OH is 1. The van der Waals surface area contributed by atoms with Crippen LogP contribution in [-0.2, 0) is 6.42 Å². The Balaban J connectivity index is 3.16. The third kappa shape index (κ3) is 2.96. The maximum atomic E-state index is 9.45. The van der Waals surface area contributed by atoms with Crippen molar-refractivity contribution in [3.8, 4) is 0 Å². The summed E-state index contributed by atoms with van der Waals surface area (Å²) in [6.07, 6.45) is 0.431. The van der Waals surface area contributed by atoms with Gasteiger partial charge in [0.2, 0.25) is 0 Å². The lowest BCUT2D eigenvalue weighted by molar-refractivity contribution is 0.195. The van der Waals surface area contributed by atoms with Gasteiger partial charge in [0.1, 0.15) is 0 Å². The maximum Gasteiger partial charge on any atom is 0.0553 e. The van der Waals surface area contributed by atoms with Crippen molar-refractivity contribution in [1.29, 1.82) is 0 Å². The largest absolute Gasteiger partial charge is 0.393 e. The lowest BCUT2D eigenvalue weighted by atomic mass is 9.99. The summed E-state index contributed by atoms with van der Waals surface area (Å²) in [5, 5.41) is 9.45. The Bertz CT molecular complexity index is 343. The lowest BCUT2D eigenvalue weighted by Gasteiger charge is -2.20. The van der Waals surface area contributed by atoms with E-state index in [1.165, 1.54) is 22.4 Å². The lowest BCUT2D eigenvalue weighted by Crippen LogP contribution is -2.14. The van der Waals surface area contributed by atoms with Gasteiger partial charge in [0.25, 0.3) is 0 Å². The molecule has 0 fully saturated rings. The van der Waals surface area contributed by atoms with E-state index in [1.807, 2.05) is 21.0 Å². The summed E-state index contributed by atoms with van der Waals surface area (Å²) in [6.45, 7) is 6.06. The number of anilines is 1. The van der Waals surface area contributed by atoms with Gasteiger partial charge in [-0.3, -0.25) is 0 Å². The van der Waals surface area contributed by atoms with Crippen molar-refractivity contribution in [3.63, 3.8) is 0 Å². The first kappa shape index (κ1) is 12.1. The summed E-state index contributed by atoms with van der Waals surface area (Å²) in [7, 11) is 4.07. The molecule has 0 aliphatic heterocycles. The maximum absolute atomic E-state index is 9.45. The molecule has 0 saturated carbocycles. The highest BCUT2D eigenvalue weighted by molar-refractivity contribution is 5.56. The molecule has 0 amide bonds. The van der Waals surface area contributed by atoms with Crippen molar-refractivity contribution < 1.29 is 5.11 Å². The van der Waals surface area contributed by atoms with E-state index in [4.69, 9.17) is 0 Å². The SMILES string of the molecule is Cc1cc(CC(C)O)c(N(C)C)cc1C. The van der Waals surface area contributed by atoms with Gasteiger partial charge in [-0.2, -0.15) is 0 Å². The average Bonchev–Trinajstić information content (AvgIpc) is 2.09. The molecule has 84 valence electrons. The minimum atomic E-state index is -0.286. The molecule has 0 bridgehead atoms. The highest BCUT2D eigenvalue weighted by Gasteiger charge is 2.09. The van der Waals surface area contributed by atoms with Crippen LogP contribution in [0.5, 0.6) is 0 Å². The molecule has 0 radical (unpaired) electrons. The third-order valence-corrected chi connectivity index (χ3v) is 2.69. The summed E-state index contributed by atoms with van der Waals surface area (Å²) in [5.41, 5.74) is 5.02. The van der Waals surface area contributed by atoms with Gasteiger partial charge in [-0.15, -0.1) is 0 Å². The second-order valence-electron chi connectivity index (χ2n) is 4.51. The normalized spacial score (nSPS) is 12.7. The van der Waals surface area contributed by atoms with E-state index in [9.17, 15) is 5.11 Å². The van der Waals surface area contributed by atoms with Crippen LogP contribution in [0.15, 0.2) is 12.1 Å². The van der Waals surface area contributed by atoms with Crippen LogP contribution in [0.3, 0.4) is 0 Å².